The molecule has 17 heavy (non-hydrogen) atoms. The Hall–Kier alpha value is -1.06. The highest BCUT2D eigenvalue weighted by atomic mass is 16.5. The van der Waals surface area contributed by atoms with Gasteiger partial charge in [0.15, 0.2) is 0 Å². The van der Waals surface area contributed by atoms with E-state index in [1.54, 1.807) is 7.11 Å². The molecule has 0 bridgehead atoms. The summed E-state index contributed by atoms with van der Waals surface area (Å²) in [4.78, 5) is 0. The molecule has 0 radical (unpaired) electrons. The zero-order valence-electron chi connectivity index (χ0n) is 11.0. The summed E-state index contributed by atoms with van der Waals surface area (Å²) < 4.78 is 10.7. The third-order valence-electron chi connectivity index (χ3n) is 2.83. The molecule has 1 rings (SSSR count). The Bertz CT molecular complexity index is 298. The normalized spacial score (nSPS) is 12.4. The zero-order chi connectivity index (χ0) is 12.5. The van der Waals surface area contributed by atoms with E-state index < -0.39 is 0 Å². The van der Waals surface area contributed by atoms with Gasteiger partial charge in [-0.1, -0.05) is 12.1 Å². The Morgan fingerprint density at radius 2 is 1.88 bits per heavy atom. The van der Waals surface area contributed by atoms with Gasteiger partial charge < -0.3 is 14.8 Å². The summed E-state index contributed by atoms with van der Waals surface area (Å²) in [5.74, 6) is 0.939. The van der Waals surface area contributed by atoms with E-state index in [2.05, 4.69) is 24.4 Å². The van der Waals surface area contributed by atoms with Gasteiger partial charge in [-0.3, -0.25) is 0 Å². The van der Waals surface area contributed by atoms with Gasteiger partial charge in [-0.15, -0.1) is 0 Å². The molecule has 0 saturated heterocycles. The van der Waals surface area contributed by atoms with E-state index in [-0.39, 0.29) is 0 Å². The predicted molar refractivity (Wildman–Crippen MR) is 70.7 cm³/mol. The quantitative estimate of drug-likeness (QED) is 0.752. The van der Waals surface area contributed by atoms with Gasteiger partial charge in [0.1, 0.15) is 5.75 Å². The van der Waals surface area contributed by atoms with Gasteiger partial charge >= 0.3 is 0 Å². The van der Waals surface area contributed by atoms with Crippen molar-refractivity contribution in [3.8, 4) is 5.75 Å². The Morgan fingerprint density at radius 1 is 1.18 bits per heavy atom. The molecule has 1 N–H and O–H groups in total. The van der Waals surface area contributed by atoms with E-state index in [1.165, 1.54) is 5.56 Å². The van der Waals surface area contributed by atoms with Crippen molar-refractivity contribution in [2.45, 2.75) is 25.8 Å². The molecular formula is C14H23NO2. The minimum Gasteiger partial charge on any atom is -0.494 e. The monoisotopic (exact) mass is 237 g/mol. The molecule has 3 heteroatoms. The smallest absolute Gasteiger partial charge is 0.119 e. The van der Waals surface area contributed by atoms with E-state index in [1.807, 2.05) is 19.2 Å². The summed E-state index contributed by atoms with van der Waals surface area (Å²) in [7, 11) is 3.69. The fraction of sp³-hybridized carbons (Fsp3) is 0.571. The van der Waals surface area contributed by atoms with E-state index in [9.17, 15) is 0 Å². The predicted octanol–water partition coefficient (Wildman–Crippen LogP) is 2.25. The van der Waals surface area contributed by atoms with Crippen molar-refractivity contribution in [1.29, 1.82) is 0 Å². The van der Waals surface area contributed by atoms with Crippen LogP contribution in [0.5, 0.6) is 5.75 Å². The number of benzene rings is 1. The fourth-order valence-electron chi connectivity index (χ4n) is 1.47. The van der Waals surface area contributed by atoms with E-state index >= 15 is 0 Å². The molecule has 0 fully saturated rings. The van der Waals surface area contributed by atoms with Crippen LogP contribution in [0.25, 0.3) is 0 Å². The molecule has 0 aliphatic carbocycles. The molecule has 0 aliphatic rings. The Balaban J connectivity index is 2.30. The summed E-state index contributed by atoms with van der Waals surface area (Å²) in [6.45, 7) is 3.66. The maximum atomic E-state index is 5.67. The molecule has 0 amide bonds. The van der Waals surface area contributed by atoms with E-state index in [0.717, 1.165) is 31.8 Å². The van der Waals surface area contributed by atoms with Crippen LogP contribution in [0.1, 0.15) is 18.9 Å². The van der Waals surface area contributed by atoms with Crippen LogP contribution in [-0.4, -0.2) is 33.4 Å². The summed E-state index contributed by atoms with van der Waals surface area (Å²) in [5.41, 5.74) is 1.28. The molecule has 0 heterocycles. The van der Waals surface area contributed by atoms with Crippen LogP contribution in [0.2, 0.25) is 0 Å². The molecule has 1 atom stereocenters. The molecule has 1 aromatic carbocycles. The standard InChI is InChI=1S/C14H23NO2/c1-12(15-2)8-11-17-14-6-4-13(5-7-14)9-10-16-3/h4-7,12,15H,8-11H2,1-3H3. The van der Waals surface area contributed by atoms with Crippen LogP contribution >= 0.6 is 0 Å². The zero-order valence-corrected chi connectivity index (χ0v) is 11.0. The van der Waals surface area contributed by atoms with Crippen molar-refractivity contribution < 1.29 is 9.47 Å². The van der Waals surface area contributed by atoms with Crippen LogP contribution in [0.3, 0.4) is 0 Å². The lowest BCUT2D eigenvalue weighted by atomic mass is 10.1. The van der Waals surface area contributed by atoms with Crippen molar-refractivity contribution in [3.63, 3.8) is 0 Å². The van der Waals surface area contributed by atoms with Gasteiger partial charge in [-0.2, -0.15) is 0 Å². The number of ether oxygens (including phenoxy) is 2. The minimum atomic E-state index is 0.496. The van der Waals surface area contributed by atoms with Gasteiger partial charge in [0, 0.05) is 13.2 Å². The second-order valence-electron chi connectivity index (χ2n) is 4.21. The molecule has 1 unspecified atom stereocenters. The third kappa shape index (κ3) is 5.71. The van der Waals surface area contributed by atoms with E-state index in [4.69, 9.17) is 9.47 Å². The van der Waals surface area contributed by atoms with Gasteiger partial charge in [0.2, 0.25) is 0 Å². The minimum absolute atomic E-state index is 0.496. The number of methoxy groups -OCH3 is 1. The summed E-state index contributed by atoms with van der Waals surface area (Å²) in [6.07, 6.45) is 1.97. The van der Waals surface area contributed by atoms with Crippen LogP contribution in [0.4, 0.5) is 0 Å². The highest BCUT2D eigenvalue weighted by molar-refractivity contribution is 5.27. The molecule has 3 nitrogen and oxygen atoms in total. The molecule has 0 aliphatic heterocycles. The second kappa shape index (κ2) is 8.09. The number of hydrogen-bond acceptors (Lipinski definition) is 3. The summed E-state index contributed by atoms with van der Waals surface area (Å²) >= 11 is 0. The number of rotatable bonds is 8. The summed E-state index contributed by atoms with van der Waals surface area (Å²) in [6, 6.07) is 8.73. The largest absolute Gasteiger partial charge is 0.494 e. The van der Waals surface area contributed by atoms with Crippen molar-refractivity contribution in [1.82, 2.24) is 5.32 Å². The van der Waals surface area contributed by atoms with Crippen LogP contribution in [0.15, 0.2) is 24.3 Å². The van der Waals surface area contributed by atoms with Gasteiger partial charge in [-0.25, -0.2) is 0 Å². The van der Waals surface area contributed by atoms with Crippen molar-refractivity contribution in [2.24, 2.45) is 0 Å². The number of nitrogens with one attached hydrogen (secondary N) is 1. The Labute approximate surface area is 104 Å². The van der Waals surface area contributed by atoms with Crippen molar-refractivity contribution in [3.05, 3.63) is 29.8 Å². The maximum absolute atomic E-state index is 5.67. The topological polar surface area (TPSA) is 30.5 Å². The lowest BCUT2D eigenvalue weighted by Crippen LogP contribution is -2.23. The Morgan fingerprint density at radius 3 is 2.47 bits per heavy atom. The third-order valence-corrected chi connectivity index (χ3v) is 2.83. The van der Waals surface area contributed by atoms with Crippen molar-refractivity contribution >= 4 is 0 Å². The lowest BCUT2D eigenvalue weighted by molar-refractivity contribution is 0.202. The molecule has 96 valence electrons. The van der Waals surface area contributed by atoms with Crippen LogP contribution < -0.4 is 10.1 Å². The van der Waals surface area contributed by atoms with E-state index in [0.29, 0.717) is 6.04 Å². The molecule has 0 aromatic heterocycles. The van der Waals surface area contributed by atoms with Crippen molar-refractivity contribution in [2.75, 3.05) is 27.4 Å². The highest BCUT2D eigenvalue weighted by Crippen LogP contribution is 2.13. The molecular weight excluding hydrogens is 214 g/mol. The first-order chi connectivity index (χ1) is 8.26. The van der Waals surface area contributed by atoms with Gasteiger partial charge in [0.25, 0.3) is 0 Å². The molecule has 0 spiro atoms. The van der Waals surface area contributed by atoms with Crippen LogP contribution in [-0.2, 0) is 11.2 Å². The first-order valence-electron chi connectivity index (χ1n) is 6.14. The lowest BCUT2D eigenvalue weighted by Gasteiger charge is -2.11. The average molecular weight is 237 g/mol. The number of hydrogen-bond donors (Lipinski definition) is 1. The first kappa shape index (κ1) is 14.0. The average Bonchev–Trinajstić information content (AvgIpc) is 2.37. The van der Waals surface area contributed by atoms with Crippen LogP contribution in [0, 0.1) is 0 Å². The van der Waals surface area contributed by atoms with Gasteiger partial charge in [0.05, 0.1) is 13.2 Å². The Kier molecular flexibility index (Phi) is 6.67. The second-order valence-corrected chi connectivity index (χ2v) is 4.21. The molecule has 0 saturated carbocycles. The first-order valence-corrected chi connectivity index (χ1v) is 6.14. The fourth-order valence-corrected chi connectivity index (χ4v) is 1.47. The molecule has 1 aromatic rings. The maximum Gasteiger partial charge on any atom is 0.119 e. The SMILES string of the molecule is CNC(C)CCOc1ccc(CCOC)cc1. The van der Waals surface area contributed by atoms with Gasteiger partial charge in [-0.05, 0) is 44.5 Å². The summed E-state index contributed by atoms with van der Waals surface area (Å²) in [5, 5.41) is 3.19. The highest BCUT2D eigenvalue weighted by Gasteiger charge is 1.99.